The quantitative estimate of drug-likeness (QED) is 0.520. The van der Waals surface area contributed by atoms with Gasteiger partial charge in [0.15, 0.2) is 0 Å². The summed E-state index contributed by atoms with van der Waals surface area (Å²) in [6.07, 6.45) is 2.32. The number of nitrogens with zero attached hydrogens (tertiary/aromatic N) is 2. The van der Waals surface area contributed by atoms with Gasteiger partial charge < -0.3 is 4.90 Å². The van der Waals surface area contributed by atoms with Gasteiger partial charge in [-0.15, -0.1) is 6.58 Å². The Hall–Kier alpha value is -2.95. The van der Waals surface area contributed by atoms with Gasteiger partial charge in [0, 0.05) is 18.7 Å². The molecule has 1 amide bonds. The van der Waals surface area contributed by atoms with Gasteiger partial charge in [0.05, 0.1) is 17.5 Å². The minimum atomic E-state index is -3.87. The summed E-state index contributed by atoms with van der Waals surface area (Å²) in [5.41, 5.74) is 1.89. The second-order valence-corrected chi connectivity index (χ2v) is 7.97. The summed E-state index contributed by atoms with van der Waals surface area (Å²) in [6.45, 7) is 5.86. The van der Waals surface area contributed by atoms with Crippen LogP contribution in [0.15, 0.2) is 66.1 Å². The maximum Gasteiger partial charge on any atom is 0.254 e. The molecule has 0 bridgehead atoms. The molecule has 0 saturated heterocycles. The summed E-state index contributed by atoms with van der Waals surface area (Å²) in [5, 5.41) is 8.63. The van der Waals surface area contributed by atoms with E-state index in [2.05, 4.69) is 11.3 Å². The summed E-state index contributed by atoms with van der Waals surface area (Å²) in [6, 6.07) is 16.1. The van der Waals surface area contributed by atoms with E-state index in [1.165, 1.54) is 6.07 Å². The summed E-state index contributed by atoms with van der Waals surface area (Å²) in [5.74, 6) is -0.271. The molecule has 7 heteroatoms. The lowest BCUT2D eigenvalue weighted by Crippen LogP contribution is -2.33. The highest BCUT2D eigenvalue weighted by Crippen LogP contribution is 2.18. The lowest BCUT2D eigenvalue weighted by molar-refractivity contribution is 0.0775. The van der Waals surface area contributed by atoms with E-state index >= 15 is 0 Å². The summed E-state index contributed by atoms with van der Waals surface area (Å²) >= 11 is 0. The van der Waals surface area contributed by atoms with Crippen LogP contribution < -0.4 is 4.72 Å². The fourth-order valence-electron chi connectivity index (χ4n) is 2.75. The Morgan fingerprint density at radius 1 is 1.25 bits per heavy atom. The van der Waals surface area contributed by atoms with Gasteiger partial charge in [0.25, 0.3) is 5.91 Å². The molecular formula is C21H23N3O3S. The highest BCUT2D eigenvalue weighted by Gasteiger charge is 2.21. The third kappa shape index (κ3) is 5.52. The first kappa shape index (κ1) is 21.4. The Labute approximate surface area is 166 Å². The van der Waals surface area contributed by atoms with E-state index in [9.17, 15) is 13.2 Å². The van der Waals surface area contributed by atoms with Gasteiger partial charge in [-0.1, -0.05) is 42.5 Å². The van der Waals surface area contributed by atoms with E-state index in [-0.39, 0.29) is 22.9 Å². The Kier molecular flexibility index (Phi) is 7.50. The lowest BCUT2D eigenvalue weighted by atomic mass is 10.1. The van der Waals surface area contributed by atoms with Crippen molar-refractivity contribution in [1.29, 1.82) is 5.26 Å². The molecule has 1 N–H and O–H groups in total. The van der Waals surface area contributed by atoms with Crippen molar-refractivity contribution >= 4 is 15.9 Å². The molecule has 0 aliphatic heterocycles. The third-order valence-corrected chi connectivity index (χ3v) is 5.76. The summed E-state index contributed by atoms with van der Waals surface area (Å²) in [7, 11) is -3.87. The first-order valence-electron chi connectivity index (χ1n) is 8.80. The van der Waals surface area contributed by atoms with Crippen molar-refractivity contribution < 1.29 is 13.2 Å². The van der Waals surface area contributed by atoms with Crippen LogP contribution in [0.25, 0.3) is 0 Å². The molecule has 0 unspecified atom stereocenters. The average Bonchev–Trinajstić information content (AvgIpc) is 2.70. The largest absolute Gasteiger partial charge is 0.335 e. The number of hydrogen-bond donors (Lipinski definition) is 1. The first-order valence-corrected chi connectivity index (χ1v) is 10.3. The van der Waals surface area contributed by atoms with Crippen molar-refractivity contribution in [2.75, 3.05) is 19.6 Å². The van der Waals surface area contributed by atoms with Crippen molar-refractivity contribution in [2.45, 2.75) is 18.2 Å². The Morgan fingerprint density at radius 3 is 2.61 bits per heavy atom. The standard InChI is InChI=1S/C21H23N3O3S/c1-3-14-24(15-11-18-7-5-4-6-8-18)21(25)19-10-9-17(2)20(16-19)28(26,27)23-13-12-22/h3-10,16,23H,1,11,13-15H2,2H3. The summed E-state index contributed by atoms with van der Waals surface area (Å²) in [4.78, 5) is 14.6. The fraction of sp³-hybridized carbons (Fsp3) is 0.238. The number of carbonyl (C=O) groups is 1. The fourth-order valence-corrected chi connectivity index (χ4v) is 3.93. The van der Waals surface area contributed by atoms with Crippen molar-refractivity contribution in [3.05, 3.63) is 77.9 Å². The molecule has 0 saturated carbocycles. The van der Waals surface area contributed by atoms with Crippen molar-refractivity contribution in [3.63, 3.8) is 0 Å². The number of sulfonamides is 1. The zero-order valence-corrected chi connectivity index (χ0v) is 16.6. The number of aryl methyl sites for hydroxylation is 1. The highest BCUT2D eigenvalue weighted by molar-refractivity contribution is 7.89. The van der Waals surface area contributed by atoms with Crippen LogP contribution in [0.2, 0.25) is 0 Å². The van der Waals surface area contributed by atoms with Gasteiger partial charge in [-0.2, -0.15) is 9.98 Å². The number of carbonyl (C=O) groups excluding carboxylic acids is 1. The predicted molar refractivity (Wildman–Crippen MR) is 108 cm³/mol. The number of amides is 1. The van der Waals surface area contributed by atoms with E-state index < -0.39 is 10.0 Å². The van der Waals surface area contributed by atoms with Crippen LogP contribution in [0.5, 0.6) is 0 Å². The van der Waals surface area contributed by atoms with Crippen molar-refractivity contribution in [1.82, 2.24) is 9.62 Å². The second-order valence-electron chi connectivity index (χ2n) is 6.24. The van der Waals surface area contributed by atoms with E-state index in [0.717, 1.165) is 5.56 Å². The number of benzene rings is 2. The maximum atomic E-state index is 13.0. The summed E-state index contributed by atoms with van der Waals surface area (Å²) < 4.78 is 27.0. The van der Waals surface area contributed by atoms with Gasteiger partial charge in [0.2, 0.25) is 10.0 Å². The molecule has 146 valence electrons. The van der Waals surface area contributed by atoms with Crippen LogP contribution in [-0.2, 0) is 16.4 Å². The molecule has 0 aliphatic rings. The normalized spacial score (nSPS) is 10.9. The zero-order valence-electron chi connectivity index (χ0n) is 15.8. The smallest absolute Gasteiger partial charge is 0.254 e. The van der Waals surface area contributed by atoms with E-state index in [1.807, 2.05) is 30.3 Å². The highest BCUT2D eigenvalue weighted by atomic mass is 32.2. The van der Waals surface area contributed by atoms with Gasteiger partial charge in [-0.25, -0.2) is 8.42 Å². The van der Waals surface area contributed by atoms with Gasteiger partial charge in [0.1, 0.15) is 0 Å². The minimum Gasteiger partial charge on any atom is -0.335 e. The number of hydrogen-bond acceptors (Lipinski definition) is 4. The van der Waals surface area contributed by atoms with Crippen molar-refractivity contribution in [3.8, 4) is 6.07 Å². The van der Waals surface area contributed by atoms with Gasteiger partial charge in [-0.3, -0.25) is 4.79 Å². The van der Waals surface area contributed by atoms with Crippen LogP contribution >= 0.6 is 0 Å². The van der Waals surface area contributed by atoms with Crippen LogP contribution in [0.1, 0.15) is 21.5 Å². The number of rotatable bonds is 9. The minimum absolute atomic E-state index is 0.00443. The Balaban J connectivity index is 2.25. The molecule has 0 aromatic heterocycles. The van der Waals surface area contributed by atoms with Gasteiger partial charge in [-0.05, 0) is 36.6 Å². The maximum absolute atomic E-state index is 13.0. The molecule has 2 aromatic rings. The molecule has 0 atom stereocenters. The Morgan fingerprint density at radius 2 is 1.96 bits per heavy atom. The monoisotopic (exact) mass is 397 g/mol. The molecule has 0 fully saturated rings. The van der Waals surface area contributed by atoms with Crippen LogP contribution in [0.4, 0.5) is 0 Å². The molecule has 0 aliphatic carbocycles. The van der Waals surface area contributed by atoms with E-state index in [1.54, 1.807) is 36.1 Å². The molecule has 0 heterocycles. The van der Waals surface area contributed by atoms with E-state index in [0.29, 0.717) is 25.1 Å². The van der Waals surface area contributed by atoms with Crippen LogP contribution in [0.3, 0.4) is 0 Å². The topological polar surface area (TPSA) is 90.3 Å². The molecule has 6 nitrogen and oxygen atoms in total. The molecule has 0 spiro atoms. The van der Waals surface area contributed by atoms with Crippen molar-refractivity contribution in [2.24, 2.45) is 0 Å². The molecule has 0 radical (unpaired) electrons. The molecular weight excluding hydrogens is 374 g/mol. The number of nitriles is 1. The molecule has 2 aromatic carbocycles. The molecule has 28 heavy (non-hydrogen) atoms. The molecule has 2 rings (SSSR count). The van der Waals surface area contributed by atoms with Gasteiger partial charge >= 0.3 is 0 Å². The SMILES string of the molecule is C=CCN(CCc1ccccc1)C(=O)c1ccc(C)c(S(=O)(=O)NCC#N)c1. The Bertz CT molecular complexity index is 980. The van der Waals surface area contributed by atoms with Crippen LogP contribution in [0, 0.1) is 18.3 Å². The third-order valence-electron chi connectivity index (χ3n) is 4.22. The predicted octanol–water partition coefficient (Wildman–Crippen LogP) is 2.67. The second kappa shape index (κ2) is 9.83. The number of nitrogens with one attached hydrogen (secondary N) is 1. The van der Waals surface area contributed by atoms with Crippen LogP contribution in [-0.4, -0.2) is 38.9 Å². The average molecular weight is 398 g/mol. The van der Waals surface area contributed by atoms with E-state index in [4.69, 9.17) is 5.26 Å². The lowest BCUT2D eigenvalue weighted by Gasteiger charge is -2.22. The zero-order chi connectivity index (χ0) is 20.6. The first-order chi connectivity index (χ1) is 13.4.